The van der Waals surface area contributed by atoms with Crippen molar-refractivity contribution in [2.24, 2.45) is 0 Å². The van der Waals surface area contributed by atoms with E-state index in [1.807, 2.05) is 11.3 Å². The summed E-state index contributed by atoms with van der Waals surface area (Å²) in [7, 11) is 1.74. The highest BCUT2D eigenvalue weighted by molar-refractivity contribution is 7.12. The Morgan fingerprint density at radius 3 is 3.11 bits per heavy atom. The molecule has 0 bridgehead atoms. The quantitative estimate of drug-likeness (QED) is 0.837. The molecule has 106 valence electrons. The van der Waals surface area contributed by atoms with Crippen LogP contribution >= 0.6 is 11.3 Å². The molecule has 0 spiro atoms. The van der Waals surface area contributed by atoms with Gasteiger partial charge in [0.25, 0.3) is 0 Å². The first-order chi connectivity index (χ1) is 9.34. The number of ether oxygens (including phenoxy) is 2. The summed E-state index contributed by atoms with van der Waals surface area (Å²) >= 11 is 1.89. The molecule has 2 aliphatic rings. The van der Waals surface area contributed by atoms with Gasteiger partial charge in [-0.05, 0) is 32.1 Å². The van der Waals surface area contributed by atoms with E-state index in [9.17, 15) is 0 Å². The Kier molecular flexibility index (Phi) is 4.17. The lowest BCUT2D eigenvalue weighted by atomic mass is 9.93. The van der Waals surface area contributed by atoms with Gasteiger partial charge in [0.05, 0.1) is 24.4 Å². The number of rotatable bonds is 5. The summed E-state index contributed by atoms with van der Waals surface area (Å²) in [5.41, 5.74) is 1.25. The van der Waals surface area contributed by atoms with Crippen LogP contribution in [-0.4, -0.2) is 38.5 Å². The normalized spacial score (nSPS) is 26.6. The van der Waals surface area contributed by atoms with Gasteiger partial charge in [0, 0.05) is 25.1 Å². The average molecular weight is 282 g/mol. The van der Waals surface area contributed by atoms with Crippen LogP contribution in [0.15, 0.2) is 0 Å². The van der Waals surface area contributed by atoms with Crippen molar-refractivity contribution in [3.05, 3.63) is 15.6 Å². The molecule has 1 atom stereocenters. The number of aromatic nitrogens is 1. The van der Waals surface area contributed by atoms with Gasteiger partial charge in [-0.3, -0.25) is 0 Å². The van der Waals surface area contributed by atoms with Crippen LogP contribution in [0.4, 0.5) is 0 Å². The Bertz CT molecular complexity index is 406. The molecule has 2 heterocycles. The highest BCUT2D eigenvalue weighted by Gasteiger charge is 2.38. The Hall–Kier alpha value is -0.490. The molecular weight excluding hydrogens is 260 g/mol. The van der Waals surface area contributed by atoms with Gasteiger partial charge in [-0.2, -0.15) is 0 Å². The van der Waals surface area contributed by atoms with Crippen LogP contribution in [0.3, 0.4) is 0 Å². The lowest BCUT2D eigenvalue weighted by Gasteiger charge is -2.36. The first-order valence-electron chi connectivity index (χ1n) is 7.15. The summed E-state index contributed by atoms with van der Waals surface area (Å²) < 4.78 is 10.9. The minimum atomic E-state index is -0.0776. The third kappa shape index (κ3) is 2.70. The van der Waals surface area contributed by atoms with E-state index in [4.69, 9.17) is 14.5 Å². The minimum Gasteiger partial charge on any atom is -0.383 e. The van der Waals surface area contributed by atoms with Gasteiger partial charge in [-0.15, -0.1) is 11.3 Å². The predicted octanol–water partition coefficient (Wildman–Crippen LogP) is 1.87. The van der Waals surface area contributed by atoms with Crippen molar-refractivity contribution in [1.82, 2.24) is 10.3 Å². The van der Waals surface area contributed by atoms with Gasteiger partial charge in [0.2, 0.25) is 0 Å². The summed E-state index contributed by atoms with van der Waals surface area (Å²) in [6.45, 7) is 3.19. The molecule has 1 fully saturated rings. The van der Waals surface area contributed by atoms with Crippen molar-refractivity contribution in [3.8, 4) is 0 Å². The minimum absolute atomic E-state index is 0.0776. The van der Waals surface area contributed by atoms with E-state index in [-0.39, 0.29) is 5.54 Å². The van der Waals surface area contributed by atoms with Crippen molar-refractivity contribution < 1.29 is 9.47 Å². The van der Waals surface area contributed by atoms with Crippen LogP contribution in [0.5, 0.6) is 0 Å². The molecule has 1 unspecified atom stereocenters. The second-order valence-electron chi connectivity index (χ2n) is 5.40. The molecule has 1 aromatic heterocycles. The molecule has 1 aliphatic heterocycles. The maximum absolute atomic E-state index is 5.73. The van der Waals surface area contributed by atoms with Crippen LogP contribution in [0.25, 0.3) is 0 Å². The topological polar surface area (TPSA) is 43.4 Å². The Morgan fingerprint density at radius 2 is 2.37 bits per heavy atom. The van der Waals surface area contributed by atoms with Gasteiger partial charge in [0.15, 0.2) is 0 Å². The molecule has 0 amide bonds. The average Bonchev–Trinajstić information content (AvgIpc) is 3.01. The number of hydrogen-bond acceptors (Lipinski definition) is 5. The first-order valence-corrected chi connectivity index (χ1v) is 7.96. The van der Waals surface area contributed by atoms with Gasteiger partial charge in [-0.25, -0.2) is 4.98 Å². The summed E-state index contributed by atoms with van der Waals surface area (Å²) in [6, 6.07) is 0. The van der Waals surface area contributed by atoms with E-state index < -0.39 is 0 Å². The molecule has 1 N–H and O–H groups in total. The molecule has 0 saturated carbocycles. The van der Waals surface area contributed by atoms with E-state index in [2.05, 4.69) is 5.32 Å². The van der Waals surface area contributed by atoms with E-state index >= 15 is 0 Å². The molecular formula is C14H22N2O2S. The first kappa shape index (κ1) is 13.5. The van der Waals surface area contributed by atoms with Gasteiger partial charge in [-0.1, -0.05) is 0 Å². The Morgan fingerprint density at radius 1 is 1.42 bits per heavy atom. The number of nitrogens with one attached hydrogen (secondary N) is 1. The fourth-order valence-electron chi connectivity index (χ4n) is 2.97. The molecule has 0 radical (unpaired) electrons. The zero-order valence-corrected chi connectivity index (χ0v) is 12.4. The molecule has 3 rings (SSSR count). The number of aryl methyl sites for hydroxylation is 2. The third-order valence-corrected chi connectivity index (χ3v) is 5.38. The molecule has 1 saturated heterocycles. The van der Waals surface area contributed by atoms with Gasteiger partial charge in [0.1, 0.15) is 5.01 Å². The lowest BCUT2D eigenvalue weighted by Crippen LogP contribution is -2.49. The summed E-state index contributed by atoms with van der Waals surface area (Å²) in [4.78, 5) is 6.39. The highest BCUT2D eigenvalue weighted by Crippen LogP contribution is 2.37. The fraction of sp³-hybridized carbons (Fsp3) is 0.786. The third-order valence-electron chi connectivity index (χ3n) is 4.02. The van der Waals surface area contributed by atoms with Crippen LogP contribution < -0.4 is 5.32 Å². The van der Waals surface area contributed by atoms with Crippen LogP contribution in [0.2, 0.25) is 0 Å². The largest absolute Gasteiger partial charge is 0.383 e. The Balaban J connectivity index is 1.80. The second-order valence-corrected chi connectivity index (χ2v) is 6.48. The number of fused-ring (bicyclic) bond motifs is 1. The van der Waals surface area contributed by atoms with Crippen molar-refractivity contribution in [1.29, 1.82) is 0 Å². The molecule has 0 aromatic carbocycles. The lowest BCUT2D eigenvalue weighted by molar-refractivity contribution is 0.0150. The summed E-state index contributed by atoms with van der Waals surface area (Å²) in [5, 5.41) is 4.87. The van der Waals surface area contributed by atoms with E-state index in [1.165, 1.54) is 28.4 Å². The summed E-state index contributed by atoms with van der Waals surface area (Å²) in [6.07, 6.45) is 5.85. The van der Waals surface area contributed by atoms with Crippen molar-refractivity contribution >= 4 is 11.3 Å². The number of thiazole rings is 1. The second kappa shape index (κ2) is 5.87. The summed E-state index contributed by atoms with van der Waals surface area (Å²) in [5.74, 6) is 0. The monoisotopic (exact) mass is 282 g/mol. The van der Waals surface area contributed by atoms with Crippen molar-refractivity contribution in [3.63, 3.8) is 0 Å². The highest BCUT2D eigenvalue weighted by atomic mass is 32.1. The zero-order chi connectivity index (χ0) is 13.1. The van der Waals surface area contributed by atoms with Gasteiger partial charge >= 0.3 is 0 Å². The number of methoxy groups -OCH3 is 1. The van der Waals surface area contributed by atoms with Crippen molar-refractivity contribution in [2.75, 3.05) is 33.5 Å². The van der Waals surface area contributed by atoms with E-state index in [0.717, 1.165) is 45.6 Å². The molecule has 1 aliphatic carbocycles. The van der Waals surface area contributed by atoms with Crippen LogP contribution in [0.1, 0.15) is 34.8 Å². The Labute approximate surface area is 118 Å². The van der Waals surface area contributed by atoms with E-state index in [0.29, 0.717) is 0 Å². The van der Waals surface area contributed by atoms with Gasteiger partial charge < -0.3 is 14.8 Å². The van der Waals surface area contributed by atoms with Crippen LogP contribution in [-0.2, 0) is 27.9 Å². The number of nitrogens with zero attached hydrogens (tertiary/aromatic N) is 1. The zero-order valence-electron chi connectivity index (χ0n) is 11.5. The fourth-order valence-corrected chi connectivity index (χ4v) is 4.30. The molecule has 4 nitrogen and oxygen atoms in total. The number of hydrogen-bond donors (Lipinski definition) is 1. The molecule has 19 heavy (non-hydrogen) atoms. The smallest absolute Gasteiger partial charge is 0.116 e. The van der Waals surface area contributed by atoms with E-state index in [1.54, 1.807) is 7.11 Å². The standard InChI is InChI=1S/C14H22N2O2S/c1-17-9-7-15-14(6-3-8-18-10-14)13-16-11-4-2-5-12(11)19-13/h15H,2-10H2,1H3. The molecule has 1 aromatic rings. The predicted molar refractivity (Wildman–Crippen MR) is 75.7 cm³/mol. The maximum Gasteiger partial charge on any atom is 0.116 e. The maximum atomic E-state index is 5.73. The van der Waals surface area contributed by atoms with Crippen molar-refractivity contribution in [2.45, 2.75) is 37.6 Å². The van der Waals surface area contributed by atoms with Crippen LogP contribution in [0, 0.1) is 0 Å². The molecule has 5 heteroatoms. The SMILES string of the molecule is COCCNC1(c2nc3c(s2)CCC3)CCCOC1.